The van der Waals surface area contributed by atoms with E-state index in [4.69, 9.17) is 4.42 Å². The molecule has 9 heteroatoms. The van der Waals surface area contributed by atoms with Gasteiger partial charge in [0.05, 0.1) is 6.21 Å². The fourth-order valence-electron chi connectivity index (χ4n) is 2.73. The molecule has 2 aromatic heterocycles. The van der Waals surface area contributed by atoms with Gasteiger partial charge in [-0.15, -0.1) is 0 Å². The summed E-state index contributed by atoms with van der Waals surface area (Å²) in [6.07, 6.45) is 3.88. The number of anilines is 4. The minimum Gasteiger partial charge on any atom is -0.449 e. The zero-order valence-corrected chi connectivity index (χ0v) is 16.6. The normalized spacial score (nSPS) is 14.0. The molecule has 0 saturated carbocycles. The second-order valence-electron chi connectivity index (χ2n) is 5.98. The number of nitrogens with zero attached hydrogens (tertiary/aromatic N) is 5. The lowest BCUT2D eigenvalue weighted by atomic mass is 10.3. The first-order valence-electron chi connectivity index (χ1n) is 8.64. The average Bonchev–Trinajstić information content (AvgIpc) is 3.34. The molecule has 3 aromatic rings. The number of hydrazone groups is 1. The maximum absolute atomic E-state index is 5.45. The maximum Gasteiger partial charge on any atom is 0.250 e. The molecule has 0 unspecified atom stereocenters. The van der Waals surface area contributed by atoms with Crippen LogP contribution in [0, 0.1) is 3.77 Å². The molecule has 0 aliphatic carbocycles. The molecule has 0 bridgehead atoms. The van der Waals surface area contributed by atoms with Crippen molar-refractivity contribution in [2.45, 2.75) is 12.8 Å². The van der Waals surface area contributed by atoms with Crippen molar-refractivity contribution in [3.63, 3.8) is 0 Å². The molecule has 3 heterocycles. The predicted octanol–water partition coefficient (Wildman–Crippen LogP) is 3.86. The van der Waals surface area contributed by atoms with Gasteiger partial charge in [-0.3, -0.25) is 0 Å². The summed E-state index contributed by atoms with van der Waals surface area (Å²) in [7, 11) is 0. The lowest BCUT2D eigenvalue weighted by molar-refractivity contribution is 0.531. The van der Waals surface area contributed by atoms with Crippen LogP contribution in [0.2, 0.25) is 0 Å². The van der Waals surface area contributed by atoms with Crippen LogP contribution in [0.15, 0.2) is 52.0 Å². The van der Waals surface area contributed by atoms with Gasteiger partial charge in [0.15, 0.2) is 3.77 Å². The Balaban J connectivity index is 1.56. The van der Waals surface area contributed by atoms with Crippen LogP contribution in [0.25, 0.3) is 0 Å². The second kappa shape index (κ2) is 8.33. The van der Waals surface area contributed by atoms with Crippen molar-refractivity contribution in [3.05, 3.63) is 52.0 Å². The molecular formula is C18H18IN7O. The van der Waals surface area contributed by atoms with Crippen molar-refractivity contribution in [1.82, 2.24) is 15.0 Å². The third-order valence-electron chi connectivity index (χ3n) is 3.99. The summed E-state index contributed by atoms with van der Waals surface area (Å²) in [5, 5.41) is 7.39. The Morgan fingerprint density at radius 2 is 1.78 bits per heavy atom. The van der Waals surface area contributed by atoms with E-state index in [1.807, 2.05) is 42.5 Å². The van der Waals surface area contributed by atoms with E-state index in [1.165, 1.54) is 0 Å². The van der Waals surface area contributed by atoms with E-state index >= 15 is 0 Å². The Morgan fingerprint density at radius 3 is 2.52 bits per heavy atom. The van der Waals surface area contributed by atoms with E-state index in [2.05, 4.69) is 58.3 Å². The van der Waals surface area contributed by atoms with Crippen LogP contribution < -0.4 is 15.6 Å². The van der Waals surface area contributed by atoms with E-state index in [9.17, 15) is 0 Å². The monoisotopic (exact) mass is 475 g/mol. The van der Waals surface area contributed by atoms with Gasteiger partial charge in [0.25, 0.3) is 0 Å². The second-order valence-corrected chi connectivity index (χ2v) is 7.04. The Labute approximate surface area is 170 Å². The number of halogens is 1. The quantitative estimate of drug-likeness (QED) is 0.318. The van der Waals surface area contributed by atoms with Gasteiger partial charge in [0.2, 0.25) is 17.8 Å². The number of para-hydroxylation sites is 1. The molecule has 0 radical (unpaired) electrons. The molecule has 0 amide bonds. The largest absolute Gasteiger partial charge is 0.449 e. The highest BCUT2D eigenvalue weighted by Crippen LogP contribution is 2.20. The van der Waals surface area contributed by atoms with Crippen molar-refractivity contribution in [1.29, 1.82) is 0 Å². The Morgan fingerprint density at radius 1 is 1.00 bits per heavy atom. The lowest BCUT2D eigenvalue weighted by Gasteiger charge is -2.16. The molecule has 2 N–H and O–H groups in total. The summed E-state index contributed by atoms with van der Waals surface area (Å²) in [4.78, 5) is 15.6. The standard InChI is InChI=1S/C18H18IN7O/c19-15-9-8-14(27-15)12-20-25-17-22-16(21-13-6-2-1-3-7-13)23-18(24-17)26-10-4-5-11-26/h1-3,6-9,12H,4-5,10-11H2,(H2,21,22,23,24,25)/b20-12-. The fourth-order valence-corrected chi connectivity index (χ4v) is 3.17. The van der Waals surface area contributed by atoms with Crippen molar-refractivity contribution < 1.29 is 4.42 Å². The smallest absolute Gasteiger partial charge is 0.250 e. The number of furan rings is 1. The molecule has 138 valence electrons. The Kier molecular flexibility index (Phi) is 5.47. The third kappa shape index (κ3) is 4.73. The summed E-state index contributed by atoms with van der Waals surface area (Å²) in [5.41, 5.74) is 3.78. The summed E-state index contributed by atoms with van der Waals surface area (Å²) in [5.74, 6) is 2.15. The Bertz CT molecular complexity index is 922. The summed E-state index contributed by atoms with van der Waals surface area (Å²) < 4.78 is 6.26. The van der Waals surface area contributed by atoms with Gasteiger partial charge >= 0.3 is 0 Å². The number of rotatable bonds is 6. The molecule has 1 aromatic carbocycles. The molecule has 1 aliphatic heterocycles. The summed E-state index contributed by atoms with van der Waals surface area (Å²) >= 11 is 2.11. The zero-order chi connectivity index (χ0) is 18.5. The molecule has 1 fully saturated rings. The third-order valence-corrected chi connectivity index (χ3v) is 4.57. The highest BCUT2D eigenvalue weighted by Gasteiger charge is 2.17. The van der Waals surface area contributed by atoms with Gasteiger partial charge in [0, 0.05) is 18.8 Å². The van der Waals surface area contributed by atoms with E-state index < -0.39 is 0 Å². The maximum atomic E-state index is 5.45. The van der Waals surface area contributed by atoms with E-state index in [0.29, 0.717) is 23.6 Å². The van der Waals surface area contributed by atoms with Crippen molar-refractivity contribution >= 4 is 52.3 Å². The van der Waals surface area contributed by atoms with Crippen LogP contribution in [0.3, 0.4) is 0 Å². The molecular weight excluding hydrogens is 457 g/mol. The first kappa shape index (κ1) is 17.7. The van der Waals surface area contributed by atoms with Gasteiger partial charge in [-0.25, -0.2) is 5.43 Å². The van der Waals surface area contributed by atoms with Gasteiger partial charge in [-0.05, 0) is 59.7 Å². The molecule has 1 aliphatic rings. The van der Waals surface area contributed by atoms with Crippen LogP contribution in [0.1, 0.15) is 18.6 Å². The molecule has 27 heavy (non-hydrogen) atoms. The first-order chi connectivity index (χ1) is 13.3. The van der Waals surface area contributed by atoms with E-state index in [0.717, 1.165) is 35.4 Å². The highest BCUT2D eigenvalue weighted by molar-refractivity contribution is 14.1. The van der Waals surface area contributed by atoms with Crippen molar-refractivity contribution in [2.24, 2.45) is 5.10 Å². The van der Waals surface area contributed by atoms with Crippen LogP contribution in [-0.4, -0.2) is 34.3 Å². The number of aromatic nitrogens is 3. The van der Waals surface area contributed by atoms with Crippen LogP contribution >= 0.6 is 22.6 Å². The SMILES string of the molecule is Ic1ccc(/C=N\Nc2nc(Nc3ccccc3)nc(N3CCCC3)n2)o1. The lowest BCUT2D eigenvalue weighted by Crippen LogP contribution is -2.21. The van der Waals surface area contributed by atoms with Gasteiger partial charge < -0.3 is 14.6 Å². The first-order valence-corrected chi connectivity index (χ1v) is 9.72. The van der Waals surface area contributed by atoms with Crippen LogP contribution in [0.4, 0.5) is 23.5 Å². The minimum atomic E-state index is 0.378. The zero-order valence-electron chi connectivity index (χ0n) is 14.5. The van der Waals surface area contributed by atoms with Gasteiger partial charge in [-0.2, -0.15) is 20.1 Å². The highest BCUT2D eigenvalue weighted by atomic mass is 127. The van der Waals surface area contributed by atoms with Crippen LogP contribution in [-0.2, 0) is 0 Å². The summed E-state index contributed by atoms with van der Waals surface area (Å²) in [6.45, 7) is 1.89. The topological polar surface area (TPSA) is 91.5 Å². The molecule has 0 atom stereocenters. The van der Waals surface area contributed by atoms with E-state index in [1.54, 1.807) is 6.21 Å². The fraction of sp³-hybridized carbons (Fsp3) is 0.222. The van der Waals surface area contributed by atoms with Crippen LogP contribution in [0.5, 0.6) is 0 Å². The van der Waals surface area contributed by atoms with Gasteiger partial charge in [-0.1, -0.05) is 18.2 Å². The number of benzene rings is 1. The molecule has 4 rings (SSSR count). The number of hydrogen-bond acceptors (Lipinski definition) is 8. The predicted molar refractivity (Wildman–Crippen MR) is 114 cm³/mol. The van der Waals surface area contributed by atoms with Crippen molar-refractivity contribution in [2.75, 3.05) is 28.7 Å². The molecule has 1 saturated heterocycles. The summed E-state index contributed by atoms with van der Waals surface area (Å²) in [6, 6.07) is 13.5. The average molecular weight is 475 g/mol. The Hall–Kier alpha value is -2.69. The molecule has 0 spiro atoms. The number of hydrogen-bond donors (Lipinski definition) is 2. The molecule has 8 nitrogen and oxygen atoms in total. The number of nitrogens with one attached hydrogen (secondary N) is 2. The van der Waals surface area contributed by atoms with Crippen molar-refractivity contribution in [3.8, 4) is 0 Å². The van der Waals surface area contributed by atoms with Gasteiger partial charge in [0.1, 0.15) is 5.76 Å². The van der Waals surface area contributed by atoms with E-state index in [-0.39, 0.29) is 0 Å². The minimum absolute atomic E-state index is 0.378.